The Kier molecular flexibility index (Phi) is 32.9. The van der Waals surface area contributed by atoms with Gasteiger partial charge in [0.1, 0.15) is 37.9 Å². The number of fused-ring (bicyclic) bond motifs is 16. The molecule has 8 heterocycles. The van der Waals surface area contributed by atoms with Crippen LogP contribution in [0.25, 0.3) is 0 Å². The van der Waals surface area contributed by atoms with Gasteiger partial charge in [-0.05, 0) is 242 Å². The van der Waals surface area contributed by atoms with Gasteiger partial charge in [0.2, 0.25) is 0 Å². The maximum absolute atomic E-state index is 14.1. The molecule has 4 amide bonds. The number of methoxy groups -OCH3 is 4. The van der Waals surface area contributed by atoms with Crippen molar-refractivity contribution in [1.29, 1.82) is 0 Å². The molecule has 10 aromatic carbocycles. The van der Waals surface area contributed by atoms with Gasteiger partial charge in [-0.25, -0.2) is 0 Å². The first-order valence-electron chi connectivity index (χ1n) is 47.1. The van der Waals surface area contributed by atoms with E-state index in [0.29, 0.717) is 175 Å². The number of nitrogens with zero attached hydrogens (tertiary/aromatic N) is 7. The second kappa shape index (κ2) is 45.9. The van der Waals surface area contributed by atoms with Crippen LogP contribution in [0.3, 0.4) is 0 Å². The molecule has 0 saturated heterocycles. The molecule has 8 aliphatic heterocycles. The second-order valence-electron chi connectivity index (χ2n) is 35.6. The molecule has 4 atom stereocenters. The standard InChI is InChI=1S/C55H60N3O10.C54H58N4O10.Y/c1-36-25-46-39(14-16-43-29-41-9-4-6-11-48(41)57(43)54(46)61)31-50(36)67-34-37-26-38(28-45(27-37)56(18-8-13-53(59)60)19-20-65-23-24-66-22-21-63-2)35-68-52-32-40-15-17-44-30-42-10-5-7-12-49(42)58(44)55(62)47(40)33-51(52)64-3;1-35-23-44-38(14-15-41-27-39-9-4-6-11-47(39)57(41)53(44)61)29-49(35)67-33-36-24-37(26-42(25-36)56(16-8-13-52(59)60)17-18-65-21-22-66-20-19-63-2)34-68-51-31-46-45(30-50(51)64-3)54(62)58-43(32-55-46)28-40-10-5-7-12-48(40)58;/h4-7,9-12,17,25-28,31-33,43-44H,8,13-16,18-24,29-30,34-35H2,1-3H3,(H,59,60);4-7,9-12,23-26,29-32,41,43H,8,13-22,27-28,33-34H2,1-3H3,(H,59,60);/q-1;;/t43-,44-;41-,43+;/m11./s1. The van der Waals surface area contributed by atoms with Crippen LogP contribution in [0, 0.1) is 20.3 Å². The number of aryl methyl sites for hydroxylation is 4. The van der Waals surface area contributed by atoms with Crippen LogP contribution >= 0.6 is 0 Å². The number of carboxylic acid groups (broad SMARTS) is 2. The number of benzene rings is 10. The Morgan fingerprint density at radius 3 is 1.23 bits per heavy atom. The average molecular weight is 1940 g/mol. The van der Waals surface area contributed by atoms with Crippen LogP contribution in [0.15, 0.2) is 187 Å². The molecule has 18 rings (SSSR count). The van der Waals surface area contributed by atoms with Gasteiger partial charge in [-0.15, -0.1) is 0 Å². The first-order valence-corrected chi connectivity index (χ1v) is 47.1. The molecule has 8 aliphatic rings. The van der Waals surface area contributed by atoms with E-state index in [0.717, 1.165) is 146 Å². The summed E-state index contributed by atoms with van der Waals surface area (Å²) < 4.78 is 71.3. The third kappa shape index (κ3) is 22.9. The van der Waals surface area contributed by atoms with Crippen molar-refractivity contribution in [1.82, 2.24) is 0 Å². The van der Waals surface area contributed by atoms with E-state index in [1.807, 2.05) is 156 Å². The van der Waals surface area contributed by atoms with Gasteiger partial charge in [0.05, 0.1) is 97.6 Å². The number of aliphatic imine (C=N–C) groups is 1. The number of rotatable bonds is 42. The van der Waals surface area contributed by atoms with Crippen LogP contribution in [-0.2, 0) is 142 Å². The monoisotopic (exact) mass is 1930 g/mol. The van der Waals surface area contributed by atoms with Gasteiger partial charge in [0.25, 0.3) is 23.6 Å². The van der Waals surface area contributed by atoms with Crippen LogP contribution < -0.4 is 57.8 Å². The van der Waals surface area contributed by atoms with Crippen LogP contribution in [-0.4, -0.2) is 197 Å². The van der Waals surface area contributed by atoms with E-state index in [9.17, 15) is 39.0 Å². The number of para-hydroxylation sites is 4. The number of hydrogen-bond donors (Lipinski definition) is 2. The molecule has 0 bridgehead atoms. The molecule has 713 valence electrons. The number of carboxylic acids is 2. The first-order chi connectivity index (χ1) is 66.4. The van der Waals surface area contributed by atoms with Crippen molar-refractivity contribution in [2.24, 2.45) is 4.99 Å². The van der Waals surface area contributed by atoms with Crippen molar-refractivity contribution < 1.29 is 129 Å². The summed E-state index contributed by atoms with van der Waals surface area (Å²) in [6, 6.07) is 59.9. The van der Waals surface area contributed by atoms with Crippen molar-refractivity contribution in [3.8, 4) is 34.5 Å². The van der Waals surface area contributed by atoms with Crippen molar-refractivity contribution in [2.75, 3.05) is 150 Å². The van der Waals surface area contributed by atoms with Crippen molar-refractivity contribution in [3.05, 3.63) is 283 Å². The number of hydrogen-bond acceptors (Lipinski definition) is 21. The maximum Gasteiger partial charge on any atom is 0.303 e. The molecule has 28 heteroatoms. The molecule has 0 fully saturated rings. The van der Waals surface area contributed by atoms with Crippen LogP contribution in [0.2, 0.25) is 0 Å². The minimum atomic E-state index is -0.861. The maximum atomic E-state index is 14.1. The summed E-state index contributed by atoms with van der Waals surface area (Å²) in [5.74, 6) is 1.38. The Balaban J connectivity index is 0.000000197. The largest absolute Gasteiger partial charge is 0.493 e. The van der Waals surface area contributed by atoms with E-state index in [2.05, 4.69) is 58.7 Å². The molecule has 0 unspecified atom stereocenters. The SMILES string of the molecule is COCCOCCOCCN(CCCC(=O)O)c1cc(COc2cc3c(cc2C)C(=O)N2c4ccccc4C[C@H]2CC3)cc(COc2cc3c(cc2OC)C(=O)N2c4ccccc4C[C@H]2C=N3)c1.COCCOCCOCCN(CCCC(=O)O)c1cc(COc2cc3c(cc2C)C(=O)N2c4ccccc4C[C@H]2CC3)cc(COc2cc3c(cc2OC)C(=O)N2c4ccccc4C[C@H]2[CH-]C3)c1.[Y]. The van der Waals surface area contributed by atoms with E-state index in [4.69, 9.17) is 61.8 Å². The molecule has 137 heavy (non-hydrogen) atoms. The zero-order chi connectivity index (χ0) is 94.3. The fraction of sp³-hybridized carbons (Fsp3) is 0.376. The zero-order valence-electron chi connectivity index (χ0n) is 78.7. The van der Waals surface area contributed by atoms with Gasteiger partial charge < -0.3 is 98.0 Å². The summed E-state index contributed by atoms with van der Waals surface area (Å²) in [4.78, 5) is 96.5. The van der Waals surface area contributed by atoms with Gasteiger partial charge in [-0.3, -0.25) is 38.7 Å². The van der Waals surface area contributed by atoms with E-state index >= 15 is 0 Å². The van der Waals surface area contributed by atoms with Crippen molar-refractivity contribution >= 4 is 81.6 Å². The second-order valence-corrected chi connectivity index (χ2v) is 35.6. The number of amides is 4. The number of anilines is 6. The number of aliphatic carboxylic acids is 2. The van der Waals surface area contributed by atoms with Gasteiger partial charge in [-0.1, -0.05) is 84.4 Å². The summed E-state index contributed by atoms with van der Waals surface area (Å²) in [6.45, 7) is 11.1. The smallest absolute Gasteiger partial charge is 0.303 e. The Morgan fingerprint density at radius 2 is 0.774 bits per heavy atom. The molecule has 27 nitrogen and oxygen atoms in total. The van der Waals surface area contributed by atoms with Gasteiger partial charge in [-0.2, -0.15) is 6.42 Å². The Morgan fingerprint density at radius 1 is 0.394 bits per heavy atom. The zero-order valence-corrected chi connectivity index (χ0v) is 81.5. The number of carbonyl (C=O) groups excluding carboxylic acids is 4. The Bertz CT molecular complexity index is 6080. The quantitative estimate of drug-likeness (QED) is 0.0265. The van der Waals surface area contributed by atoms with E-state index < -0.39 is 11.9 Å². The van der Waals surface area contributed by atoms with Crippen molar-refractivity contribution in [2.45, 2.75) is 148 Å². The summed E-state index contributed by atoms with van der Waals surface area (Å²) in [7, 11) is 6.39. The molecule has 2 N–H and O–H groups in total. The summed E-state index contributed by atoms with van der Waals surface area (Å²) in [6.07, 6.45) is 12.0. The van der Waals surface area contributed by atoms with E-state index in [1.54, 1.807) is 51.5 Å². The fourth-order valence-corrected chi connectivity index (χ4v) is 19.8. The van der Waals surface area contributed by atoms with Gasteiger partial charge in [0, 0.05) is 168 Å². The topological polar surface area (TPSA) is 285 Å². The van der Waals surface area contributed by atoms with Crippen LogP contribution in [0.4, 0.5) is 39.8 Å². The summed E-state index contributed by atoms with van der Waals surface area (Å²) in [5, 5.41) is 19.1. The summed E-state index contributed by atoms with van der Waals surface area (Å²) in [5.41, 5.74) is 21.2. The fourth-order valence-electron chi connectivity index (χ4n) is 19.8. The Labute approximate surface area is 825 Å². The van der Waals surface area contributed by atoms with Gasteiger partial charge >= 0.3 is 11.9 Å². The molecule has 0 aromatic heterocycles. The van der Waals surface area contributed by atoms with Crippen molar-refractivity contribution in [3.63, 3.8) is 0 Å². The average Bonchev–Trinajstić information content (AvgIpc) is 1.63. The van der Waals surface area contributed by atoms with Crippen LogP contribution in [0.5, 0.6) is 34.5 Å². The number of ether oxygens (including phenoxy) is 12. The molecular weight excluding hydrogens is 1820 g/mol. The Hall–Kier alpha value is -12.0. The molecule has 0 aliphatic carbocycles. The first kappa shape index (κ1) is 98.0. The molecule has 10 aromatic rings. The molecular formula is C109H118N7O20Y-. The predicted octanol–water partition coefficient (Wildman–Crippen LogP) is 16.7. The van der Waals surface area contributed by atoms with Crippen LogP contribution in [0.1, 0.15) is 152 Å². The van der Waals surface area contributed by atoms with E-state index in [-0.39, 0.29) is 120 Å². The normalized spacial score (nSPS) is 16.5. The third-order valence-electron chi connectivity index (χ3n) is 26.6. The minimum absolute atomic E-state index is 0. The van der Waals surface area contributed by atoms with E-state index in [1.165, 1.54) is 11.1 Å². The van der Waals surface area contributed by atoms with Gasteiger partial charge in [0.15, 0.2) is 23.0 Å². The number of carbonyl (C=O) groups is 6. The summed E-state index contributed by atoms with van der Waals surface area (Å²) >= 11 is 0. The predicted molar refractivity (Wildman–Crippen MR) is 520 cm³/mol. The molecule has 0 saturated carbocycles. The molecule has 0 spiro atoms. The third-order valence-corrected chi connectivity index (χ3v) is 26.6. The molecule has 1 radical (unpaired) electrons. The minimum Gasteiger partial charge on any atom is -0.493 e.